The molecule has 1 N–H and O–H groups in total. The van der Waals surface area contributed by atoms with E-state index in [1.165, 1.54) is 32.1 Å². The van der Waals surface area contributed by atoms with E-state index in [0.717, 1.165) is 50.2 Å². The zero-order valence-electron chi connectivity index (χ0n) is 20.0. The number of rotatable bonds is 6. The molecule has 2 amide bonds. The van der Waals surface area contributed by atoms with Crippen molar-refractivity contribution >= 4 is 17.5 Å². The molecule has 1 saturated heterocycles. The monoisotopic (exact) mass is 462 g/mol. The van der Waals surface area contributed by atoms with Gasteiger partial charge in [-0.15, -0.1) is 0 Å². The molecule has 2 bridgehead atoms. The van der Waals surface area contributed by atoms with Crippen molar-refractivity contribution in [2.75, 3.05) is 26.7 Å². The van der Waals surface area contributed by atoms with Crippen molar-refractivity contribution in [3.8, 4) is 0 Å². The van der Waals surface area contributed by atoms with Crippen LogP contribution in [0, 0.1) is 28.6 Å². The van der Waals surface area contributed by atoms with Crippen LogP contribution in [0.25, 0.3) is 5.65 Å². The van der Waals surface area contributed by atoms with Crippen LogP contribution in [0.5, 0.6) is 0 Å². The lowest BCUT2D eigenvalue weighted by molar-refractivity contribution is -0.132. The molecule has 2 aromatic rings. The molecule has 34 heavy (non-hydrogen) atoms. The Bertz CT molecular complexity index is 1160. The normalized spacial score (nSPS) is 35.7. The van der Waals surface area contributed by atoms with Crippen molar-refractivity contribution in [1.29, 1.82) is 0 Å². The predicted molar refractivity (Wildman–Crippen MR) is 126 cm³/mol. The number of hydrogen-bond donors (Lipinski definition) is 1. The maximum atomic E-state index is 13.2. The molecule has 1 spiro atoms. The standard InChI is InChI=1S/C27H34N4O3/c1-34-20-5-7-30(8-6-20)24(32)10-19-14-31-22(3-2-4-23(31)29-19)25(33)28-16-26-11-17-9-21(17)27(15-26)13-18(27)12-26/h2-4,14,17-18,20-21H,5-13,15-16H2,1H3,(H,28,33)/t17?,18?,21-,26?,27?/m0/s1. The molecule has 5 fully saturated rings. The summed E-state index contributed by atoms with van der Waals surface area (Å²) in [6.45, 7) is 2.24. The quantitative estimate of drug-likeness (QED) is 0.716. The van der Waals surface area contributed by atoms with Crippen LogP contribution in [-0.4, -0.2) is 58.9 Å². The number of pyridine rings is 1. The van der Waals surface area contributed by atoms with E-state index >= 15 is 0 Å². The number of nitrogens with zero attached hydrogens (tertiary/aromatic N) is 3. The van der Waals surface area contributed by atoms with Gasteiger partial charge in [0.15, 0.2) is 0 Å². The molecule has 7 nitrogen and oxygen atoms in total. The summed E-state index contributed by atoms with van der Waals surface area (Å²) >= 11 is 0. The molecule has 0 aromatic carbocycles. The summed E-state index contributed by atoms with van der Waals surface area (Å²) in [7, 11) is 1.73. The zero-order valence-corrected chi connectivity index (χ0v) is 20.0. The van der Waals surface area contributed by atoms with Crippen LogP contribution in [-0.2, 0) is 16.0 Å². The molecule has 5 aliphatic rings. The Morgan fingerprint density at radius 1 is 1.21 bits per heavy atom. The van der Waals surface area contributed by atoms with Crippen molar-refractivity contribution in [3.63, 3.8) is 0 Å². The van der Waals surface area contributed by atoms with Gasteiger partial charge in [0.2, 0.25) is 5.91 Å². The van der Waals surface area contributed by atoms with Crippen LogP contribution in [0.4, 0.5) is 0 Å². The van der Waals surface area contributed by atoms with E-state index in [-0.39, 0.29) is 24.3 Å². The molecule has 1 aliphatic heterocycles. The minimum atomic E-state index is -0.0376. The molecule has 0 radical (unpaired) electrons. The second-order valence-corrected chi connectivity index (χ2v) is 11.9. The number of carbonyl (C=O) groups excluding carboxylic acids is 2. The summed E-state index contributed by atoms with van der Waals surface area (Å²) in [6.07, 6.45) is 11.0. The highest BCUT2D eigenvalue weighted by Crippen LogP contribution is 2.83. The average Bonchev–Trinajstić information content (AvgIpc) is 3.69. The lowest BCUT2D eigenvalue weighted by Crippen LogP contribution is -2.41. The van der Waals surface area contributed by atoms with Crippen molar-refractivity contribution < 1.29 is 14.3 Å². The number of nitrogens with one attached hydrogen (secondary N) is 1. The van der Waals surface area contributed by atoms with Gasteiger partial charge in [0.1, 0.15) is 11.3 Å². The third kappa shape index (κ3) is 3.23. The highest BCUT2D eigenvalue weighted by Gasteiger charge is 2.76. The lowest BCUT2D eigenvalue weighted by Gasteiger charge is -2.36. The summed E-state index contributed by atoms with van der Waals surface area (Å²) in [4.78, 5) is 32.6. The number of fused-ring (bicyclic) bond motifs is 3. The number of ether oxygens (including phenoxy) is 1. The zero-order chi connectivity index (χ0) is 23.1. The Labute approximate surface area is 200 Å². The van der Waals surface area contributed by atoms with Crippen molar-refractivity contribution in [1.82, 2.24) is 19.6 Å². The minimum Gasteiger partial charge on any atom is -0.381 e. The molecule has 4 aliphatic carbocycles. The Hall–Kier alpha value is -2.41. The molecule has 4 unspecified atom stereocenters. The Morgan fingerprint density at radius 2 is 2.06 bits per heavy atom. The summed E-state index contributed by atoms with van der Waals surface area (Å²) in [5, 5.41) is 3.29. The lowest BCUT2D eigenvalue weighted by atomic mass is 9.71. The Morgan fingerprint density at radius 3 is 2.88 bits per heavy atom. The highest BCUT2D eigenvalue weighted by atomic mass is 16.5. The number of imidazole rings is 1. The predicted octanol–water partition coefficient (Wildman–Crippen LogP) is 3.07. The third-order valence-electron chi connectivity index (χ3n) is 9.88. The summed E-state index contributed by atoms with van der Waals surface area (Å²) < 4.78 is 7.26. The van der Waals surface area contributed by atoms with Crippen molar-refractivity contribution in [3.05, 3.63) is 35.8 Å². The molecule has 180 valence electrons. The smallest absolute Gasteiger partial charge is 0.268 e. The number of likely N-dealkylation sites (tertiary alicyclic amines) is 1. The van der Waals surface area contributed by atoms with Crippen molar-refractivity contribution in [2.45, 2.75) is 57.5 Å². The van der Waals surface area contributed by atoms with Crippen LogP contribution in [0.15, 0.2) is 24.4 Å². The summed E-state index contributed by atoms with van der Waals surface area (Å²) in [5.41, 5.74) is 3.01. The molecular formula is C27H34N4O3. The fraction of sp³-hybridized carbons (Fsp3) is 0.667. The van der Waals surface area contributed by atoms with Crippen molar-refractivity contribution in [2.24, 2.45) is 28.6 Å². The van der Waals surface area contributed by atoms with Crippen LogP contribution in [0.2, 0.25) is 0 Å². The van der Waals surface area contributed by atoms with Gasteiger partial charge in [0.25, 0.3) is 5.91 Å². The molecular weight excluding hydrogens is 428 g/mol. The van der Waals surface area contributed by atoms with Crippen LogP contribution >= 0.6 is 0 Å². The molecule has 7 rings (SSSR count). The largest absolute Gasteiger partial charge is 0.381 e. The van der Waals surface area contributed by atoms with Crippen LogP contribution < -0.4 is 5.32 Å². The number of piperidine rings is 1. The second kappa shape index (κ2) is 7.30. The minimum absolute atomic E-state index is 0.0376. The van der Waals surface area contributed by atoms with Gasteiger partial charge < -0.3 is 15.0 Å². The first-order valence-corrected chi connectivity index (χ1v) is 13.0. The van der Waals surface area contributed by atoms with Gasteiger partial charge >= 0.3 is 0 Å². The van der Waals surface area contributed by atoms with E-state index in [1.807, 2.05) is 33.7 Å². The fourth-order valence-corrected chi connectivity index (χ4v) is 8.16. The number of aromatic nitrogens is 2. The maximum Gasteiger partial charge on any atom is 0.268 e. The SMILES string of the molecule is COC1CCN(C(=O)Cc2cn3c(C(=O)NCC45CC6C[C@@H]6C6(CC6C4)C5)cccc3n2)CC1. The van der Waals surface area contributed by atoms with E-state index in [4.69, 9.17) is 4.74 Å². The number of amides is 2. The Kier molecular flexibility index (Phi) is 4.49. The first kappa shape index (κ1) is 20.9. The van der Waals surface area contributed by atoms with E-state index in [0.29, 0.717) is 27.9 Å². The highest BCUT2D eigenvalue weighted by molar-refractivity contribution is 5.93. The van der Waals surface area contributed by atoms with Gasteiger partial charge in [0, 0.05) is 32.9 Å². The number of hydrogen-bond acceptors (Lipinski definition) is 4. The topological polar surface area (TPSA) is 75.9 Å². The summed E-state index contributed by atoms with van der Waals surface area (Å²) in [6, 6.07) is 5.64. The van der Waals surface area contributed by atoms with E-state index in [9.17, 15) is 9.59 Å². The van der Waals surface area contributed by atoms with E-state index in [2.05, 4.69) is 10.3 Å². The van der Waals surface area contributed by atoms with Gasteiger partial charge in [-0.1, -0.05) is 6.07 Å². The first-order chi connectivity index (χ1) is 16.5. The van der Waals surface area contributed by atoms with Crippen LogP contribution in [0.3, 0.4) is 0 Å². The van der Waals surface area contributed by atoms with Gasteiger partial charge in [0.05, 0.1) is 18.2 Å². The molecule has 5 atom stereocenters. The molecule has 2 aromatic heterocycles. The molecule has 3 heterocycles. The van der Waals surface area contributed by atoms with Gasteiger partial charge in [-0.2, -0.15) is 0 Å². The fourth-order valence-electron chi connectivity index (χ4n) is 8.16. The second-order valence-electron chi connectivity index (χ2n) is 11.9. The molecule has 7 heteroatoms. The first-order valence-electron chi connectivity index (χ1n) is 13.0. The van der Waals surface area contributed by atoms with Gasteiger partial charge in [-0.3, -0.25) is 14.0 Å². The summed E-state index contributed by atoms with van der Waals surface area (Å²) in [5.74, 6) is 2.92. The third-order valence-corrected chi connectivity index (χ3v) is 9.88. The average molecular weight is 463 g/mol. The molecule has 4 saturated carbocycles. The van der Waals surface area contributed by atoms with Gasteiger partial charge in [-0.25, -0.2) is 4.98 Å². The Balaban J connectivity index is 1.03. The van der Waals surface area contributed by atoms with E-state index < -0.39 is 0 Å². The maximum absolute atomic E-state index is 13.2. The number of carbonyl (C=O) groups is 2. The number of methoxy groups -OCH3 is 1. The van der Waals surface area contributed by atoms with Gasteiger partial charge in [-0.05, 0) is 85.7 Å². The van der Waals surface area contributed by atoms with Crippen LogP contribution in [0.1, 0.15) is 61.1 Å². The van der Waals surface area contributed by atoms with E-state index in [1.54, 1.807) is 7.11 Å².